The quantitative estimate of drug-likeness (QED) is 0.230. The van der Waals surface area contributed by atoms with E-state index in [1.807, 2.05) is 30.4 Å². The second kappa shape index (κ2) is 12.0. The number of allylic oxidation sites excluding steroid dienone is 8. The summed E-state index contributed by atoms with van der Waals surface area (Å²) in [6, 6.07) is 4.06. The predicted octanol–water partition coefficient (Wildman–Crippen LogP) is 6.50. The SMILES string of the molecule is C#C/C=C\C=C/CC1(CCNCC2=CC=CC=CC2)c2cc(Cl)ccc2NC(=O)N1CC(F)(F)F. The minimum absolute atomic E-state index is 0.147. The molecule has 2 N–H and O–H groups in total. The summed E-state index contributed by atoms with van der Waals surface area (Å²) >= 11 is 6.26. The summed E-state index contributed by atoms with van der Waals surface area (Å²) in [7, 11) is 0. The van der Waals surface area contributed by atoms with E-state index in [0.717, 1.165) is 16.9 Å². The minimum atomic E-state index is -4.58. The van der Waals surface area contributed by atoms with Gasteiger partial charge in [0.2, 0.25) is 0 Å². The van der Waals surface area contributed by atoms with Crippen molar-refractivity contribution in [1.29, 1.82) is 0 Å². The molecule has 184 valence electrons. The Kier molecular flexibility index (Phi) is 9.02. The van der Waals surface area contributed by atoms with Crippen LogP contribution in [0, 0.1) is 12.3 Å². The molecule has 1 aromatic carbocycles. The van der Waals surface area contributed by atoms with Crippen molar-refractivity contribution in [3.05, 3.63) is 89.0 Å². The van der Waals surface area contributed by atoms with Gasteiger partial charge in [0, 0.05) is 22.8 Å². The Morgan fingerprint density at radius 2 is 2.09 bits per heavy atom. The Labute approximate surface area is 208 Å². The van der Waals surface area contributed by atoms with Crippen molar-refractivity contribution in [3.63, 3.8) is 0 Å². The molecule has 35 heavy (non-hydrogen) atoms. The fraction of sp³-hybridized carbons (Fsp3) is 0.296. The molecule has 1 atom stereocenters. The van der Waals surface area contributed by atoms with Crippen molar-refractivity contribution in [3.8, 4) is 12.3 Å². The number of halogens is 4. The molecule has 2 amide bonds. The van der Waals surface area contributed by atoms with Crippen molar-refractivity contribution in [2.75, 3.05) is 25.0 Å². The largest absolute Gasteiger partial charge is 0.406 e. The van der Waals surface area contributed by atoms with Gasteiger partial charge in [-0.2, -0.15) is 13.2 Å². The molecule has 0 bridgehead atoms. The molecule has 1 unspecified atom stereocenters. The maximum absolute atomic E-state index is 13.6. The van der Waals surface area contributed by atoms with Gasteiger partial charge in [0.05, 0.1) is 5.54 Å². The molecule has 2 aliphatic rings. The van der Waals surface area contributed by atoms with Crippen LogP contribution in [0.2, 0.25) is 5.02 Å². The van der Waals surface area contributed by atoms with Gasteiger partial charge < -0.3 is 15.5 Å². The van der Waals surface area contributed by atoms with Gasteiger partial charge in [-0.3, -0.25) is 0 Å². The number of hydrogen-bond donors (Lipinski definition) is 2. The third-order valence-corrected chi connectivity index (χ3v) is 6.09. The van der Waals surface area contributed by atoms with Crippen molar-refractivity contribution >= 4 is 23.3 Å². The predicted molar refractivity (Wildman–Crippen MR) is 135 cm³/mol. The minimum Gasteiger partial charge on any atom is -0.313 e. The van der Waals surface area contributed by atoms with Gasteiger partial charge in [0.25, 0.3) is 0 Å². The number of rotatable bonds is 9. The topological polar surface area (TPSA) is 44.4 Å². The molecular weight excluding hydrogens is 475 g/mol. The van der Waals surface area contributed by atoms with Gasteiger partial charge in [-0.15, -0.1) is 6.42 Å². The fourth-order valence-corrected chi connectivity index (χ4v) is 4.45. The average molecular weight is 502 g/mol. The van der Waals surface area contributed by atoms with E-state index < -0.39 is 24.3 Å². The zero-order valence-electron chi connectivity index (χ0n) is 19.1. The number of fused-ring (bicyclic) bond motifs is 1. The Morgan fingerprint density at radius 1 is 1.26 bits per heavy atom. The van der Waals surface area contributed by atoms with Gasteiger partial charge >= 0.3 is 12.2 Å². The highest BCUT2D eigenvalue weighted by molar-refractivity contribution is 6.30. The first-order valence-electron chi connectivity index (χ1n) is 11.2. The van der Waals surface area contributed by atoms with Gasteiger partial charge in [0.1, 0.15) is 6.54 Å². The Hall–Kier alpha value is -3.21. The Balaban J connectivity index is 1.96. The van der Waals surface area contributed by atoms with Crippen LogP contribution in [-0.2, 0) is 5.54 Å². The fourth-order valence-electron chi connectivity index (χ4n) is 4.28. The first-order valence-corrected chi connectivity index (χ1v) is 11.6. The summed E-state index contributed by atoms with van der Waals surface area (Å²) in [5.41, 5.74) is 0.872. The number of carbonyl (C=O) groups excluding carboxylic acids is 1. The number of anilines is 1. The second-order valence-corrected chi connectivity index (χ2v) is 8.72. The lowest BCUT2D eigenvalue weighted by Crippen LogP contribution is -2.58. The highest BCUT2D eigenvalue weighted by Gasteiger charge is 2.49. The van der Waals surface area contributed by atoms with Crippen molar-refractivity contribution in [2.45, 2.75) is 31.0 Å². The summed E-state index contributed by atoms with van der Waals surface area (Å²) in [4.78, 5) is 13.8. The van der Waals surface area contributed by atoms with E-state index in [2.05, 4.69) is 16.6 Å². The van der Waals surface area contributed by atoms with Gasteiger partial charge in [0.15, 0.2) is 0 Å². The van der Waals surface area contributed by atoms with Crippen LogP contribution >= 0.6 is 11.6 Å². The molecule has 0 fully saturated rings. The smallest absolute Gasteiger partial charge is 0.313 e. The van der Waals surface area contributed by atoms with E-state index in [4.69, 9.17) is 18.0 Å². The molecule has 1 aromatic rings. The number of benzene rings is 1. The molecule has 0 saturated carbocycles. The number of terminal acetylenes is 1. The van der Waals surface area contributed by atoms with Gasteiger partial charge in [-0.25, -0.2) is 4.79 Å². The molecule has 8 heteroatoms. The zero-order chi connectivity index (χ0) is 25.3. The van der Waals surface area contributed by atoms with Crippen molar-refractivity contribution in [1.82, 2.24) is 10.2 Å². The summed E-state index contributed by atoms with van der Waals surface area (Å²) < 4.78 is 40.9. The van der Waals surface area contributed by atoms with Crippen LogP contribution in [0.15, 0.2) is 78.5 Å². The molecular formula is C27H27ClF3N3O. The molecule has 0 spiro atoms. The first kappa shape index (κ1) is 26.4. The van der Waals surface area contributed by atoms with Gasteiger partial charge in [-0.05, 0) is 50.1 Å². The van der Waals surface area contributed by atoms with Crippen molar-refractivity contribution < 1.29 is 18.0 Å². The number of nitrogens with one attached hydrogen (secondary N) is 2. The number of nitrogens with zero attached hydrogens (tertiary/aromatic N) is 1. The number of hydrogen-bond acceptors (Lipinski definition) is 2. The van der Waals surface area contributed by atoms with E-state index in [1.54, 1.807) is 36.4 Å². The Bertz CT molecular complexity index is 1110. The van der Waals surface area contributed by atoms with E-state index in [-0.39, 0.29) is 12.8 Å². The van der Waals surface area contributed by atoms with Crippen LogP contribution in [0.5, 0.6) is 0 Å². The monoisotopic (exact) mass is 501 g/mol. The van der Waals surface area contributed by atoms with Crippen LogP contribution in [0.25, 0.3) is 0 Å². The van der Waals surface area contributed by atoms with Crippen molar-refractivity contribution in [2.24, 2.45) is 0 Å². The molecule has 1 aliphatic carbocycles. The molecule has 1 heterocycles. The van der Waals surface area contributed by atoms with E-state index >= 15 is 0 Å². The number of carbonyl (C=O) groups is 1. The van der Waals surface area contributed by atoms with Crippen LogP contribution in [0.4, 0.5) is 23.7 Å². The molecule has 1 aliphatic heterocycles. The zero-order valence-corrected chi connectivity index (χ0v) is 19.9. The third kappa shape index (κ3) is 7.14. The molecule has 0 saturated heterocycles. The lowest BCUT2D eigenvalue weighted by molar-refractivity contribution is -0.151. The van der Waals surface area contributed by atoms with Crippen LogP contribution < -0.4 is 10.6 Å². The van der Waals surface area contributed by atoms with Crippen LogP contribution in [0.1, 0.15) is 24.8 Å². The molecule has 3 rings (SSSR count). The summed E-state index contributed by atoms with van der Waals surface area (Å²) in [5, 5.41) is 6.31. The second-order valence-electron chi connectivity index (χ2n) is 8.28. The maximum atomic E-state index is 13.6. The normalized spacial score (nSPS) is 20.0. The van der Waals surface area contributed by atoms with Crippen LogP contribution in [0.3, 0.4) is 0 Å². The van der Waals surface area contributed by atoms with E-state index in [1.165, 1.54) is 6.08 Å². The molecule has 0 radical (unpaired) electrons. The average Bonchev–Trinajstić information content (AvgIpc) is 3.08. The van der Waals surface area contributed by atoms with Gasteiger partial charge in [-0.1, -0.05) is 71.7 Å². The Morgan fingerprint density at radius 3 is 2.86 bits per heavy atom. The maximum Gasteiger partial charge on any atom is 0.406 e. The number of amides is 2. The van der Waals surface area contributed by atoms with E-state index in [9.17, 15) is 18.0 Å². The standard InChI is InChI=1S/C27H27ClF3N3O/c1-2-3-4-7-10-15-26(16-17-32-19-21-11-8-5-6-9-12-21)23-18-22(28)13-14-24(23)33-25(35)34(26)20-27(29,30)31/h1,3-11,13-14,18,32H,12,15-17,19-20H2,(H,33,35)/b4-3-,10-7-. The number of urea groups is 1. The van der Waals surface area contributed by atoms with Crippen LogP contribution in [-0.4, -0.2) is 36.7 Å². The highest BCUT2D eigenvalue weighted by atomic mass is 35.5. The first-order chi connectivity index (χ1) is 16.7. The summed E-state index contributed by atoms with van der Waals surface area (Å²) in [6.45, 7) is -0.425. The lowest BCUT2D eigenvalue weighted by atomic mass is 9.79. The van der Waals surface area contributed by atoms with E-state index in [0.29, 0.717) is 29.4 Å². The third-order valence-electron chi connectivity index (χ3n) is 5.86. The summed E-state index contributed by atoms with van der Waals surface area (Å²) in [5.74, 6) is 2.37. The highest BCUT2D eigenvalue weighted by Crippen LogP contribution is 2.45. The lowest BCUT2D eigenvalue weighted by Gasteiger charge is -2.48. The summed E-state index contributed by atoms with van der Waals surface area (Å²) in [6.07, 6.45) is 18.3. The number of alkyl halides is 3. The molecule has 0 aromatic heterocycles. The molecule has 4 nitrogen and oxygen atoms in total.